The molecule has 9 heteroatoms. The highest BCUT2D eigenvalue weighted by Crippen LogP contribution is 2.28. The van der Waals surface area contributed by atoms with Crippen molar-refractivity contribution in [1.29, 1.82) is 0 Å². The van der Waals surface area contributed by atoms with Gasteiger partial charge >= 0.3 is 0 Å². The fourth-order valence-corrected chi connectivity index (χ4v) is 4.39. The Hall–Kier alpha value is -3.49. The first-order valence-corrected chi connectivity index (χ1v) is 10.6. The first-order chi connectivity index (χ1) is 15.2. The van der Waals surface area contributed by atoms with Crippen molar-refractivity contribution in [2.24, 2.45) is 5.92 Å². The van der Waals surface area contributed by atoms with E-state index < -0.39 is 0 Å². The molecule has 0 aliphatic carbocycles. The van der Waals surface area contributed by atoms with Crippen LogP contribution in [-0.2, 0) is 17.8 Å². The van der Waals surface area contributed by atoms with Gasteiger partial charge in [-0.15, -0.1) is 10.2 Å². The summed E-state index contributed by atoms with van der Waals surface area (Å²) < 4.78 is 6.90. The normalized spacial score (nSPS) is 16.8. The number of anilines is 1. The maximum atomic E-state index is 13.1. The highest BCUT2D eigenvalue weighted by molar-refractivity contribution is 5.79. The van der Waals surface area contributed by atoms with Gasteiger partial charge in [-0.1, -0.05) is 6.07 Å². The quantitative estimate of drug-likeness (QED) is 0.638. The van der Waals surface area contributed by atoms with Crippen LogP contribution in [-0.4, -0.2) is 62.5 Å². The van der Waals surface area contributed by atoms with Gasteiger partial charge < -0.3 is 14.5 Å². The summed E-state index contributed by atoms with van der Waals surface area (Å²) in [6.45, 7) is 3.06. The van der Waals surface area contributed by atoms with E-state index in [0.717, 1.165) is 50.5 Å². The number of carbonyl (C=O) groups is 1. The van der Waals surface area contributed by atoms with Crippen LogP contribution in [0.15, 0.2) is 43.0 Å². The molecular weight excluding hydrogens is 394 g/mol. The van der Waals surface area contributed by atoms with Crippen LogP contribution >= 0.6 is 0 Å². The number of benzene rings is 1. The van der Waals surface area contributed by atoms with E-state index in [-0.39, 0.29) is 11.8 Å². The summed E-state index contributed by atoms with van der Waals surface area (Å²) in [7, 11) is 1.68. The van der Waals surface area contributed by atoms with Crippen LogP contribution in [0.2, 0.25) is 0 Å². The Bertz CT molecular complexity index is 1040. The van der Waals surface area contributed by atoms with Crippen LogP contribution in [0.3, 0.4) is 0 Å². The average molecular weight is 419 g/mol. The summed E-state index contributed by atoms with van der Waals surface area (Å²) in [5, 5.41) is 12.6. The molecule has 2 aliphatic heterocycles. The van der Waals surface area contributed by atoms with E-state index in [4.69, 9.17) is 4.74 Å². The highest BCUT2D eigenvalue weighted by atomic mass is 16.5. The monoisotopic (exact) mass is 419 g/mol. The number of ether oxygens (including phenoxy) is 1. The predicted octanol–water partition coefficient (Wildman–Crippen LogP) is 1.87. The second-order valence-electron chi connectivity index (χ2n) is 8.00. The van der Waals surface area contributed by atoms with Crippen molar-refractivity contribution in [3.05, 3.63) is 54.1 Å². The number of piperidine rings is 1. The smallest absolute Gasteiger partial charge is 0.226 e. The molecule has 0 radical (unpaired) electrons. The van der Waals surface area contributed by atoms with Crippen LogP contribution < -0.4 is 9.64 Å². The molecule has 9 nitrogen and oxygen atoms in total. The zero-order chi connectivity index (χ0) is 21.2. The van der Waals surface area contributed by atoms with Crippen molar-refractivity contribution in [1.82, 2.24) is 29.9 Å². The fraction of sp³-hybridized carbons (Fsp3) is 0.409. The van der Waals surface area contributed by atoms with Gasteiger partial charge in [-0.25, -0.2) is 9.67 Å². The molecule has 0 unspecified atom stereocenters. The number of hydrogen-bond acceptors (Lipinski definition) is 7. The predicted molar refractivity (Wildman–Crippen MR) is 114 cm³/mol. The lowest BCUT2D eigenvalue weighted by atomic mass is 9.93. The van der Waals surface area contributed by atoms with Gasteiger partial charge in [-0.2, -0.15) is 5.10 Å². The summed E-state index contributed by atoms with van der Waals surface area (Å²) in [6.07, 6.45) is 5.60. The number of fused-ring (bicyclic) bond motifs is 1. The Balaban J connectivity index is 1.18. The van der Waals surface area contributed by atoms with Crippen LogP contribution in [0.5, 0.6) is 5.75 Å². The standard InChI is InChI=1S/C22H25N7O2/c1-31-19-3-2-18-13-28(11-8-17(18)12-19)22(30)16-6-9-27(10-7-16)20-4-5-21(26-25-20)29-15-23-14-24-29/h2-5,12,14-16H,6-11,13H2,1H3. The van der Waals surface area contributed by atoms with Crippen LogP contribution in [0.1, 0.15) is 24.0 Å². The Morgan fingerprint density at radius 1 is 1.03 bits per heavy atom. The molecule has 4 heterocycles. The summed E-state index contributed by atoms with van der Waals surface area (Å²) in [4.78, 5) is 21.3. The molecule has 5 rings (SSSR count). The summed E-state index contributed by atoms with van der Waals surface area (Å²) >= 11 is 0. The third kappa shape index (κ3) is 3.95. The summed E-state index contributed by atoms with van der Waals surface area (Å²) in [5.41, 5.74) is 2.51. The average Bonchev–Trinajstić information content (AvgIpc) is 3.38. The zero-order valence-electron chi connectivity index (χ0n) is 17.5. The Morgan fingerprint density at radius 2 is 1.84 bits per heavy atom. The fourth-order valence-electron chi connectivity index (χ4n) is 4.39. The number of carbonyl (C=O) groups excluding carboxylic acids is 1. The number of amides is 1. The SMILES string of the molecule is COc1ccc2c(c1)CCN(C(=O)C1CCN(c3ccc(-n4cncn4)nn3)CC1)C2. The van der Waals surface area contributed by atoms with E-state index >= 15 is 0 Å². The van der Waals surface area contributed by atoms with Gasteiger partial charge in [0.25, 0.3) is 0 Å². The molecule has 1 amide bonds. The van der Waals surface area contributed by atoms with Gasteiger partial charge in [0, 0.05) is 32.1 Å². The Kier molecular flexibility index (Phi) is 5.23. The van der Waals surface area contributed by atoms with E-state index in [0.29, 0.717) is 12.4 Å². The van der Waals surface area contributed by atoms with Gasteiger partial charge in [-0.05, 0) is 54.7 Å². The van der Waals surface area contributed by atoms with E-state index in [1.54, 1.807) is 18.1 Å². The van der Waals surface area contributed by atoms with Gasteiger partial charge in [0.1, 0.15) is 18.4 Å². The maximum absolute atomic E-state index is 13.1. The number of aromatic nitrogens is 5. The first-order valence-electron chi connectivity index (χ1n) is 10.6. The lowest BCUT2D eigenvalue weighted by molar-refractivity contribution is -0.137. The lowest BCUT2D eigenvalue weighted by Gasteiger charge is -2.36. The first kappa shape index (κ1) is 19.5. The van der Waals surface area contributed by atoms with Crippen LogP contribution in [0.4, 0.5) is 5.82 Å². The number of nitrogens with zero attached hydrogens (tertiary/aromatic N) is 7. The zero-order valence-corrected chi connectivity index (χ0v) is 17.5. The molecule has 2 aliphatic rings. The minimum Gasteiger partial charge on any atom is -0.497 e. The van der Waals surface area contributed by atoms with E-state index in [1.807, 2.05) is 23.1 Å². The third-order valence-electron chi connectivity index (χ3n) is 6.20. The van der Waals surface area contributed by atoms with Crippen molar-refractivity contribution in [3.63, 3.8) is 0 Å². The molecule has 1 aromatic carbocycles. The second-order valence-corrected chi connectivity index (χ2v) is 8.00. The highest BCUT2D eigenvalue weighted by Gasteiger charge is 2.31. The molecule has 160 valence electrons. The molecule has 0 spiro atoms. The molecular formula is C22H25N7O2. The minimum absolute atomic E-state index is 0.0680. The van der Waals surface area contributed by atoms with Crippen molar-refractivity contribution in [2.75, 3.05) is 31.6 Å². The lowest BCUT2D eigenvalue weighted by Crippen LogP contribution is -2.44. The number of methoxy groups -OCH3 is 1. The Labute approximate surface area is 180 Å². The molecule has 3 aromatic rings. The third-order valence-corrected chi connectivity index (χ3v) is 6.20. The largest absolute Gasteiger partial charge is 0.497 e. The van der Waals surface area contributed by atoms with Crippen molar-refractivity contribution < 1.29 is 9.53 Å². The van der Waals surface area contributed by atoms with Crippen molar-refractivity contribution >= 4 is 11.7 Å². The molecule has 0 bridgehead atoms. The molecule has 0 atom stereocenters. The molecule has 1 saturated heterocycles. The van der Waals surface area contributed by atoms with Crippen LogP contribution in [0.25, 0.3) is 5.82 Å². The summed E-state index contributed by atoms with van der Waals surface area (Å²) in [6, 6.07) is 9.97. The van der Waals surface area contributed by atoms with Gasteiger partial charge in [-0.3, -0.25) is 4.79 Å². The molecule has 1 fully saturated rings. The number of hydrogen-bond donors (Lipinski definition) is 0. The Morgan fingerprint density at radius 3 is 2.55 bits per heavy atom. The molecule has 2 aromatic heterocycles. The van der Waals surface area contributed by atoms with Gasteiger partial charge in [0.15, 0.2) is 11.6 Å². The maximum Gasteiger partial charge on any atom is 0.226 e. The van der Waals surface area contributed by atoms with Gasteiger partial charge in [0.05, 0.1) is 7.11 Å². The molecule has 31 heavy (non-hydrogen) atoms. The van der Waals surface area contributed by atoms with E-state index in [1.165, 1.54) is 17.5 Å². The summed E-state index contributed by atoms with van der Waals surface area (Å²) in [5.74, 6) is 2.68. The molecule has 0 N–H and O–H groups in total. The molecule has 0 saturated carbocycles. The second kappa shape index (κ2) is 8.33. The van der Waals surface area contributed by atoms with Crippen molar-refractivity contribution in [2.45, 2.75) is 25.8 Å². The van der Waals surface area contributed by atoms with E-state index in [2.05, 4.69) is 37.3 Å². The van der Waals surface area contributed by atoms with Crippen molar-refractivity contribution in [3.8, 4) is 11.6 Å². The number of rotatable bonds is 4. The van der Waals surface area contributed by atoms with E-state index in [9.17, 15) is 4.79 Å². The minimum atomic E-state index is 0.0680. The van der Waals surface area contributed by atoms with Gasteiger partial charge in [0.2, 0.25) is 5.91 Å². The topological polar surface area (TPSA) is 89.3 Å². The van der Waals surface area contributed by atoms with Crippen LogP contribution in [0, 0.1) is 5.92 Å².